The van der Waals surface area contributed by atoms with Crippen molar-refractivity contribution in [2.75, 3.05) is 27.2 Å². The lowest BCUT2D eigenvalue weighted by Crippen LogP contribution is -2.28. The number of benzene rings is 1. The average molecular weight is 262 g/mol. The van der Waals surface area contributed by atoms with E-state index in [9.17, 15) is 4.79 Å². The van der Waals surface area contributed by atoms with Crippen LogP contribution in [-0.2, 0) is 16.0 Å². The lowest BCUT2D eigenvalue weighted by Gasteiger charge is -2.14. The van der Waals surface area contributed by atoms with E-state index in [1.54, 1.807) is 0 Å². The molecule has 0 aliphatic carbocycles. The Morgan fingerprint density at radius 1 is 1.47 bits per heavy atom. The third kappa shape index (κ3) is 3.54. The van der Waals surface area contributed by atoms with Gasteiger partial charge in [0.15, 0.2) is 11.5 Å². The van der Waals surface area contributed by atoms with Gasteiger partial charge < -0.3 is 9.15 Å². The van der Waals surface area contributed by atoms with Crippen molar-refractivity contribution in [2.24, 2.45) is 0 Å². The van der Waals surface area contributed by atoms with Gasteiger partial charge in [-0.25, -0.2) is 4.98 Å². The molecule has 0 bridgehead atoms. The molecule has 1 heterocycles. The van der Waals surface area contributed by atoms with Crippen molar-refractivity contribution in [1.82, 2.24) is 9.88 Å². The first-order valence-corrected chi connectivity index (χ1v) is 6.20. The molecular formula is C14H18N2O3. The molecule has 0 N–H and O–H groups in total. The number of fused-ring (bicyclic) bond motifs is 1. The van der Waals surface area contributed by atoms with Gasteiger partial charge >= 0.3 is 5.97 Å². The minimum absolute atomic E-state index is 0.219. The molecule has 5 heteroatoms. The number of nitrogens with zero attached hydrogens (tertiary/aromatic N) is 2. The average Bonchev–Trinajstić information content (AvgIpc) is 2.75. The quantitative estimate of drug-likeness (QED) is 0.769. The SMILES string of the molecule is COC(=O)CN(C)CCc1ccc2nc(C)oc2c1. The fourth-order valence-corrected chi connectivity index (χ4v) is 1.92. The molecule has 0 saturated heterocycles. The zero-order valence-electron chi connectivity index (χ0n) is 11.5. The molecule has 0 atom stereocenters. The highest BCUT2D eigenvalue weighted by molar-refractivity contribution is 5.73. The van der Waals surface area contributed by atoms with Crippen LogP contribution in [0.2, 0.25) is 0 Å². The summed E-state index contributed by atoms with van der Waals surface area (Å²) in [5.41, 5.74) is 2.86. The van der Waals surface area contributed by atoms with Crippen molar-refractivity contribution >= 4 is 17.1 Å². The van der Waals surface area contributed by atoms with Crippen LogP contribution in [0, 0.1) is 6.92 Å². The first-order valence-electron chi connectivity index (χ1n) is 6.20. The van der Waals surface area contributed by atoms with E-state index in [0.717, 1.165) is 24.1 Å². The van der Waals surface area contributed by atoms with Crippen molar-refractivity contribution in [3.05, 3.63) is 29.7 Å². The zero-order valence-corrected chi connectivity index (χ0v) is 11.5. The lowest BCUT2D eigenvalue weighted by atomic mass is 10.1. The van der Waals surface area contributed by atoms with E-state index in [4.69, 9.17) is 4.42 Å². The zero-order chi connectivity index (χ0) is 13.8. The molecule has 0 saturated carbocycles. The summed E-state index contributed by atoms with van der Waals surface area (Å²) in [5, 5.41) is 0. The molecule has 0 unspecified atom stereocenters. The lowest BCUT2D eigenvalue weighted by molar-refractivity contribution is -0.141. The van der Waals surface area contributed by atoms with E-state index in [2.05, 4.69) is 9.72 Å². The van der Waals surface area contributed by atoms with Gasteiger partial charge in [-0.1, -0.05) is 6.07 Å². The molecule has 5 nitrogen and oxygen atoms in total. The molecule has 19 heavy (non-hydrogen) atoms. The van der Waals surface area contributed by atoms with Gasteiger partial charge in [-0.3, -0.25) is 9.69 Å². The Bertz CT molecular complexity index is 577. The Labute approximate surface area is 112 Å². The summed E-state index contributed by atoms with van der Waals surface area (Å²) in [5.74, 6) is 0.457. The van der Waals surface area contributed by atoms with E-state index in [1.807, 2.05) is 37.1 Å². The Balaban J connectivity index is 1.95. The molecule has 0 aliphatic rings. The number of methoxy groups -OCH3 is 1. The molecule has 0 amide bonds. The van der Waals surface area contributed by atoms with E-state index < -0.39 is 0 Å². The van der Waals surface area contributed by atoms with Crippen molar-refractivity contribution in [1.29, 1.82) is 0 Å². The maximum absolute atomic E-state index is 11.1. The fraction of sp³-hybridized carbons (Fsp3) is 0.429. The Kier molecular flexibility index (Phi) is 4.16. The summed E-state index contributed by atoms with van der Waals surface area (Å²) in [6.45, 7) is 2.93. The van der Waals surface area contributed by atoms with Gasteiger partial charge in [0.05, 0.1) is 13.7 Å². The number of ether oxygens (including phenoxy) is 1. The number of hydrogen-bond acceptors (Lipinski definition) is 5. The van der Waals surface area contributed by atoms with Gasteiger partial charge in [-0.15, -0.1) is 0 Å². The van der Waals surface area contributed by atoms with Gasteiger partial charge in [0.1, 0.15) is 5.52 Å². The smallest absolute Gasteiger partial charge is 0.319 e. The highest BCUT2D eigenvalue weighted by Crippen LogP contribution is 2.17. The second kappa shape index (κ2) is 5.84. The molecule has 0 radical (unpaired) electrons. The van der Waals surface area contributed by atoms with Crippen molar-refractivity contribution in [2.45, 2.75) is 13.3 Å². The summed E-state index contributed by atoms with van der Waals surface area (Å²) in [6.07, 6.45) is 0.850. The van der Waals surface area contributed by atoms with Gasteiger partial charge in [0.25, 0.3) is 0 Å². The standard InChI is InChI=1S/C14H18N2O3/c1-10-15-12-5-4-11(8-13(12)19-10)6-7-16(2)9-14(17)18-3/h4-5,8H,6-7,9H2,1-3H3. The van der Waals surface area contributed by atoms with Gasteiger partial charge in [-0.2, -0.15) is 0 Å². The second-order valence-electron chi connectivity index (χ2n) is 4.60. The van der Waals surface area contributed by atoms with Crippen molar-refractivity contribution in [3.8, 4) is 0 Å². The summed E-state index contributed by atoms with van der Waals surface area (Å²) < 4.78 is 10.1. The number of carbonyl (C=O) groups excluding carboxylic acids is 1. The Hall–Kier alpha value is -1.88. The minimum Gasteiger partial charge on any atom is -0.468 e. The van der Waals surface area contributed by atoms with Crippen LogP contribution in [0.4, 0.5) is 0 Å². The van der Waals surface area contributed by atoms with Crippen LogP contribution in [0.1, 0.15) is 11.5 Å². The monoisotopic (exact) mass is 262 g/mol. The minimum atomic E-state index is -0.219. The van der Waals surface area contributed by atoms with Crippen LogP contribution < -0.4 is 0 Å². The maximum atomic E-state index is 11.1. The number of hydrogen-bond donors (Lipinski definition) is 0. The van der Waals surface area contributed by atoms with Crippen molar-refractivity contribution < 1.29 is 13.9 Å². The van der Waals surface area contributed by atoms with Crippen LogP contribution >= 0.6 is 0 Å². The molecule has 102 valence electrons. The molecule has 0 aliphatic heterocycles. The highest BCUT2D eigenvalue weighted by Gasteiger charge is 2.07. The topological polar surface area (TPSA) is 55.6 Å². The molecule has 1 aromatic carbocycles. The third-order valence-corrected chi connectivity index (χ3v) is 2.97. The number of rotatable bonds is 5. The largest absolute Gasteiger partial charge is 0.468 e. The number of aryl methyl sites for hydroxylation is 1. The number of oxazole rings is 1. The number of aromatic nitrogens is 1. The summed E-state index contributed by atoms with van der Waals surface area (Å²) in [7, 11) is 3.30. The van der Waals surface area contributed by atoms with Gasteiger partial charge in [0, 0.05) is 13.5 Å². The summed E-state index contributed by atoms with van der Waals surface area (Å²) in [4.78, 5) is 17.3. The molecule has 1 aromatic heterocycles. The first-order chi connectivity index (χ1) is 9.08. The Morgan fingerprint density at radius 2 is 2.26 bits per heavy atom. The van der Waals surface area contributed by atoms with E-state index in [0.29, 0.717) is 12.4 Å². The van der Waals surface area contributed by atoms with E-state index >= 15 is 0 Å². The van der Waals surface area contributed by atoms with Crippen LogP contribution in [0.15, 0.2) is 22.6 Å². The Morgan fingerprint density at radius 3 is 3.00 bits per heavy atom. The van der Waals surface area contributed by atoms with Crippen LogP contribution in [0.3, 0.4) is 0 Å². The number of carbonyl (C=O) groups is 1. The number of esters is 1. The molecular weight excluding hydrogens is 244 g/mol. The van der Waals surface area contributed by atoms with Gasteiger partial charge in [-0.05, 0) is 31.2 Å². The normalized spacial score (nSPS) is 11.2. The van der Waals surface area contributed by atoms with Crippen LogP contribution in [-0.4, -0.2) is 43.1 Å². The first kappa shape index (κ1) is 13.5. The number of likely N-dealkylation sites (N-methyl/N-ethyl adjacent to an activating group) is 1. The molecule has 0 fully saturated rings. The van der Waals surface area contributed by atoms with E-state index in [-0.39, 0.29) is 5.97 Å². The van der Waals surface area contributed by atoms with Gasteiger partial charge in [0.2, 0.25) is 0 Å². The van der Waals surface area contributed by atoms with E-state index in [1.165, 1.54) is 12.7 Å². The third-order valence-electron chi connectivity index (χ3n) is 2.97. The molecule has 0 spiro atoms. The summed E-state index contributed by atoms with van der Waals surface area (Å²) in [6, 6.07) is 6.00. The maximum Gasteiger partial charge on any atom is 0.319 e. The van der Waals surface area contributed by atoms with Crippen LogP contribution in [0.5, 0.6) is 0 Å². The predicted octanol–water partition coefficient (Wildman–Crippen LogP) is 1.78. The fourth-order valence-electron chi connectivity index (χ4n) is 1.92. The molecule has 2 rings (SSSR count). The highest BCUT2D eigenvalue weighted by atomic mass is 16.5. The second-order valence-corrected chi connectivity index (χ2v) is 4.60. The molecule has 2 aromatic rings. The van der Waals surface area contributed by atoms with Crippen LogP contribution in [0.25, 0.3) is 11.1 Å². The van der Waals surface area contributed by atoms with Crippen molar-refractivity contribution in [3.63, 3.8) is 0 Å². The summed E-state index contributed by atoms with van der Waals surface area (Å²) >= 11 is 0. The predicted molar refractivity (Wildman–Crippen MR) is 72.0 cm³/mol.